The van der Waals surface area contributed by atoms with E-state index in [9.17, 15) is 4.79 Å². The van der Waals surface area contributed by atoms with Crippen LogP contribution in [0.4, 0.5) is 11.4 Å². The maximum Gasteiger partial charge on any atom is 0.337 e. The molecule has 0 radical (unpaired) electrons. The molecular formula is C13H17ClN2O2. The van der Waals surface area contributed by atoms with Crippen LogP contribution in [0.2, 0.25) is 0 Å². The van der Waals surface area contributed by atoms with Gasteiger partial charge in [0.2, 0.25) is 0 Å². The van der Waals surface area contributed by atoms with Crippen LogP contribution in [0.3, 0.4) is 0 Å². The molecule has 0 aliphatic carbocycles. The molecule has 0 spiro atoms. The minimum atomic E-state index is -0.981. The number of rotatable bonds is 3. The maximum atomic E-state index is 11.0. The number of para-hydroxylation sites is 1. The molecule has 0 aromatic heterocycles. The fraction of sp³-hybridized carbons (Fsp3) is 0.462. The van der Waals surface area contributed by atoms with E-state index in [2.05, 4.69) is 4.90 Å². The first-order chi connectivity index (χ1) is 8.63. The van der Waals surface area contributed by atoms with Gasteiger partial charge in [-0.25, -0.2) is 4.79 Å². The number of benzene rings is 1. The molecule has 0 saturated carbocycles. The van der Waals surface area contributed by atoms with Crippen molar-refractivity contribution in [3.05, 3.63) is 23.8 Å². The molecule has 18 heavy (non-hydrogen) atoms. The number of hydrogen-bond donors (Lipinski definition) is 2. The van der Waals surface area contributed by atoms with Crippen molar-refractivity contribution >= 4 is 28.9 Å². The lowest BCUT2D eigenvalue weighted by molar-refractivity contribution is 0.0698. The number of halogens is 1. The Labute approximate surface area is 111 Å². The predicted octanol–water partition coefficient (Wildman–Crippen LogP) is 2.42. The van der Waals surface area contributed by atoms with Crippen LogP contribution in [0.5, 0.6) is 0 Å². The van der Waals surface area contributed by atoms with Crippen molar-refractivity contribution in [3.63, 3.8) is 0 Å². The summed E-state index contributed by atoms with van der Waals surface area (Å²) in [5.74, 6) is 0.273. The second-order valence-corrected chi connectivity index (χ2v) is 4.94. The minimum absolute atomic E-state index is 0.173. The SMILES string of the molecule is Nc1c(C(=O)O)cccc1N1CCC(CCl)CC1. The number of anilines is 2. The van der Waals surface area contributed by atoms with Crippen LogP contribution in [-0.2, 0) is 0 Å². The van der Waals surface area contributed by atoms with E-state index in [4.69, 9.17) is 22.4 Å². The Balaban J connectivity index is 2.19. The first-order valence-corrected chi connectivity index (χ1v) is 6.59. The van der Waals surface area contributed by atoms with Gasteiger partial charge in [0.05, 0.1) is 16.9 Å². The molecule has 2 rings (SSSR count). The molecule has 1 fully saturated rings. The van der Waals surface area contributed by atoms with Gasteiger partial charge in [-0.15, -0.1) is 11.6 Å². The lowest BCUT2D eigenvalue weighted by Crippen LogP contribution is -2.34. The molecule has 5 heteroatoms. The van der Waals surface area contributed by atoms with Gasteiger partial charge in [0, 0.05) is 19.0 Å². The number of nitrogen functional groups attached to an aromatic ring is 1. The van der Waals surface area contributed by atoms with Crippen molar-refractivity contribution in [1.82, 2.24) is 0 Å². The Kier molecular flexibility index (Phi) is 3.97. The number of aromatic carboxylic acids is 1. The molecule has 1 aliphatic rings. The van der Waals surface area contributed by atoms with Crippen LogP contribution in [0.15, 0.2) is 18.2 Å². The highest BCUT2D eigenvalue weighted by Gasteiger charge is 2.21. The highest BCUT2D eigenvalue weighted by atomic mass is 35.5. The van der Waals surface area contributed by atoms with E-state index in [1.54, 1.807) is 6.07 Å². The van der Waals surface area contributed by atoms with E-state index in [0.29, 0.717) is 17.5 Å². The van der Waals surface area contributed by atoms with E-state index in [-0.39, 0.29) is 5.56 Å². The molecule has 1 aliphatic heterocycles. The quantitative estimate of drug-likeness (QED) is 0.653. The number of nitrogens with two attached hydrogens (primary N) is 1. The van der Waals surface area contributed by atoms with E-state index in [1.165, 1.54) is 6.07 Å². The molecule has 4 nitrogen and oxygen atoms in total. The van der Waals surface area contributed by atoms with Gasteiger partial charge in [0.25, 0.3) is 0 Å². The summed E-state index contributed by atoms with van der Waals surface area (Å²) in [5, 5.41) is 9.05. The standard InChI is InChI=1S/C13H17ClN2O2/c14-8-9-4-6-16(7-5-9)11-3-1-2-10(12(11)15)13(17)18/h1-3,9H,4-8,15H2,(H,17,18). The number of hydrogen-bond acceptors (Lipinski definition) is 3. The van der Waals surface area contributed by atoms with Gasteiger partial charge < -0.3 is 15.7 Å². The first kappa shape index (κ1) is 13.0. The monoisotopic (exact) mass is 268 g/mol. The normalized spacial score (nSPS) is 16.8. The summed E-state index contributed by atoms with van der Waals surface area (Å²) >= 11 is 5.85. The molecule has 1 aromatic carbocycles. The number of carbonyl (C=O) groups is 1. The largest absolute Gasteiger partial charge is 0.478 e. The maximum absolute atomic E-state index is 11.0. The predicted molar refractivity (Wildman–Crippen MR) is 73.5 cm³/mol. The fourth-order valence-corrected chi connectivity index (χ4v) is 2.65. The summed E-state index contributed by atoms with van der Waals surface area (Å²) in [6.45, 7) is 1.76. The van der Waals surface area contributed by atoms with Gasteiger partial charge in [-0.3, -0.25) is 0 Å². The lowest BCUT2D eigenvalue weighted by atomic mass is 9.98. The van der Waals surface area contributed by atoms with Gasteiger partial charge in [0.15, 0.2) is 0 Å². The first-order valence-electron chi connectivity index (χ1n) is 6.06. The van der Waals surface area contributed by atoms with Crippen LogP contribution in [0.25, 0.3) is 0 Å². The van der Waals surface area contributed by atoms with Crippen LogP contribution < -0.4 is 10.6 Å². The fourth-order valence-electron chi connectivity index (χ4n) is 2.34. The average Bonchev–Trinajstić information content (AvgIpc) is 2.39. The minimum Gasteiger partial charge on any atom is -0.478 e. The summed E-state index contributed by atoms with van der Waals surface area (Å²) in [6, 6.07) is 5.15. The second kappa shape index (κ2) is 5.48. The molecule has 0 bridgehead atoms. The Morgan fingerprint density at radius 1 is 1.44 bits per heavy atom. The molecular weight excluding hydrogens is 252 g/mol. The van der Waals surface area contributed by atoms with Crippen LogP contribution in [0, 0.1) is 5.92 Å². The van der Waals surface area contributed by atoms with Gasteiger partial charge >= 0.3 is 5.97 Å². The number of carboxylic acid groups (broad SMARTS) is 1. The Hall–Kier alpha value is -1.42. The third-order valence-electron chi connectivity index (χ3n) is 3.49. The van der Waals surface area contributed by atoms with E-state index in [0.717, 1.165) is 31.6 Å². The molecule has 0 atom stereocenters. The highest BCUT2D eigenvalue weighted by molar-refractivity contribution is 6.18. The number of alkyl halides is 1. The van der Waals surface area contributed by atoms with Crippen molar-refractivity contribution in [2.75, 3.05) is 29.6 Å². The zero-order valence-corrected chi connectivity index (χ0v) is 10.9. The summed E-state index contributed by atoms with van der Waals surface area (Å²) < 4.78 is 0. The smallest absolute Gasteiger partial charge is 0.337 e. The zero-order valence-electron chi connectivity index (χ0n) is 10.1. The van der Waals surface area contributed by atoms with E-state index >= 15 is 0 Å². The summed E-state index contributed by atoms with van der Waals surface area (Å²) in [4.78, 5) is 13.2. The molecule has 0 amide bonds. The Morgan fingerprint density at radius 2 is 2.11 bits per heavy atom. The zero-order chi connectivity index (χ0) is 13.1. The Bertz CT molecular complexity index is 443. The van der Waals surface area contributed by atoms with E-state index in [1.807, 2.05) is 6.07 Å². The van der Waals surface area contributed by atoms with Gasteiger partial charge in [-0.05, 0) is 30.9 Å². The van der Waals surface area contributed by atoms with Crippen molar-refractivity contribution in [2.45, 2.75) is 12.8 Å². The van der Waals surface area contributed by atoms with Crippen molar-refractivity contribution in [1.29, 1.82) is 0 Å². The number of nitrogens with zero attached hydrogens (tertiary/aromatic N) is 1. The Morgan fingerprint density at radius 3 is 2.67 bits per heavy atom. The lowest BCUT2D eigenvalue weighted by Gasteiger charge is -2.33. The molecule has 0 unspecified atom stereocenters. The van der Waals surface area contributed by atoms with E-state index < -0.39 is 5.97 Å². The molecule has 1 heterocycles. The third-order valence-corrected chi connectivity index (χ3v) is 3.92. The summed E-state index contributed by atoms with van der Waals surface area (Å²) in [7, 11) is 0. The average molecular weight is 269 g/mol. The van der Waals surface area contributed by atoms with Gasteiger partial charge in [-0.1, -0.05) is 6.07 Å². The summed E-state index contributed by atoms with van der Waals surface area (Å²) in [6.07, 6.45) is 2.06. The van der Waals surface area contributed by atoms with Crippen molar-refractivity contribution in [2.24, 2.45) is 5.92 Å². The third kappa shape index (κ3) is 2.53. The van der Waals surface area contributed by atoms with Crippen LogP contribution in [-0.4, -0.2) is 30.0 Å². The highest BCUT2D eigenvalue weighted by Crippen LogP contribution is 2.30. The topological polar surface area (TPSA) is 66.6 Å². The molecule has 1 saturated heterocycles. The van der Waals surface area contributed by atoms with Crippen molar-refractivity contribution < 1.29 is 9.90 Å². The van der Waals surface area contributed by atoms with Crippen LogP contribution >= 0.6 is 11.6 Å². The van der Waals surface area contributed by atoms with Crippen molar-refractivity contribution in [3.8, 4) is 0 Å². The van der Waals surface area contributed by atoms with Gasteiger partial charge in [0.1, 0.15) is 0 Å². The number of piperidine rings is 1. The summed E-state index contributed by atoms with van der Waals surface area (Å²) in [5.41, 5.74) is 7.28. The molecule has 1 aromatic rings. The second-order valence-electron chi connectivity index (χ2n) is 4.63. The van der Waals surface area contributed by atoms with Gasteiger partial charge in [-0.2, -0.15) is 0 Å². The van der Waals surface area contributed by atoms with Crippen LogP contribution in [0.1, 0.15) is 23.2 Å². The molecule has 3 N–H and O–H groups in total. The number of carboxylic acids is 1. The molecule has 98 valence electrons.